The molecule has 0 saturated heterocycles. The number of H-pyrrole nitrogens is 2. The van der Waals surface area contributed by atoms with Crippen molar-refractivity contribution in [3.8, 4) is 5.75 Å². The van der Waals surface area contributed by atoms with Crippen molar-refractivity contribution in [2.24, 2.45) is 5.92 Å². The summed E-state index contributed by atoms with van der Waals surface area (Å²) in [6.07, 6.45) is -2.42. The molecule has 11 heteroatoms. The van der Waals surface area contributed by atoms with E-state index in [4.69, 9.17) is 4.74 Å². The number of imidazole rings is 1. The molecule has 2 aromatic heterocycles. The van der Waals surface area contributed by atoms with Crippen LogP contribution in [0.5, 0.6) is 5.75 Å². The number of rotatable bonds is 6. The lowest BCUT2D eigenvalue weighted by Gasteiger charge is -2.42. The topological polar surface area (TPSA) is 103 Å². The summed E-state index contributed by atoms with van der Waals surface area (Å²) in [6, 6.07) is 6.39. The first-order valence-electron chi connectivity index (χ1n) is 9.98. The maximum Gasteiger partial charge on any atom is 0.391 e. The zero-order valence-electron chi connectivity index (χ0n) is 17.4. The van der Waals surface area contributed by atoms with Gasteiger partial charge >= 0.3 is 11.9 Å². The number of hydrogen-bond acceptors (Lipinski definition) is 5. The van der Waals surface area contributed by atoms with Gasteiger partial charge in [0, 0.05) is 31.4 Å². The minimum atomic E-state index is -4.14. The van der Waals surface area contributed by atoms with Crippen LogP contribution in [0.3, 0.4) is 0 Å². The predicted molar refractivity (Wildman–Crippen MR) is 112 cm³/mol. The van der Waals surface area contributed by atoms with Crippen LogP contribution >= 0.6 is 0 Å². The number of alkyl halides is 3. The molecule has 1 aromatic carbocycles. The lowest BCUT2D eigenvalue weighted by Crippen LogP contribution is -2.48. The van der Waals surface area contributed by atoms with E-state index >= 15 is 0 Å². The molecule has 0 atom stereocenters. The van der Waals surface area contributed by atoms with Gasteiger partial charge in [-0.05, 0) is 36.6 Å². The number of hydrogen-bond donors (Lipinski definition) is 3. The van der Waals surface area contributed by atoms with Gasteiger partial charge in [-0.2, -0.15) is 13.2 Å². The highest BCUT2D eigenvalue weighted by atomic mass is 19.4. The largest absolute Gasteiger partial charge is 0.494 e. The summed E-state index contributed by atoms with van der Waals surface area (Å²) in [5.74, 6) is -0.659. The van der Waals surface area contributed by atoms with Crippen LogP contribution in [0.15, 0.2) is 35.3 Å². The second-order valence-electron chi connectivity index (χ2n) is 7.86. The van der Waals surface area contributed by atoms with Crippen molar-refractivity contribution in [3.63, 3.8) is 0 Å². The van der Waals surface area contributed by atoms with Gasteiger partial charge in [0.2, 0.25) is 0 Å². The molecule has 4 rings (SSSR count). The summed E-state index contributed by atoms with van der Waals surface area (Å²) < 4.78 is 43.3. The molecule has 2 heterocycles. The minimum absolute atomic E-state index is 0.0692. The van der Waals surface area contributed by atoms with Crippen LogP contribution in [-0.2, 0) is 6.54 Å². The number of pyridine rings is 1. The summed E-state index contributed by atoms with van der Waals surface area (Å²) in [6.45, 7) is 0.208. The van der Waals surface area contributed by atoms with Gasteiger partial charge in [0.05, 0.1) is 18.5 Å². The Hall–Kier alpha value is -3.50. The molecular weight excluding hydrogens is 427 g/mol. The highest BCUT2D eigenvalue weighted by molar-refractivity contribution is 5.99. The first kappa shape index (κ1) is 21.7. The SMILES string of the molecule is COc1cc(C(=O)NCc2ccc(N(C)[C@H]3C[C@@H](C(F)(F)F)C3)nc2)cc2[nH]c(=O)[nH]c12. The lowest BCUT2D eigenvalue weighted by atomic mass is 9.79. The first-order valence-corrected chi connectivity index (χ1v) is 9.98. The van der Waals surface area contributed by atoms with Crippen LogP contribution in [0.4, 0.5) is 19.0 Å². The molecule has 0 unspecified atom stereocenters. The van der Waals surface area contributed by atoms with Crippen molar-refractivity contribution in [3.05, 3.63) is 52.1 Å². The predicted octanol–water partition coefficient (Wildman–Crippen LogP) is 2.97. The van der Waals surface area contributed by atoms with E-state index in [9.17, 15) is 22.8 Å². The monoisotopic (exact) mass is 449 g/mol. The van der Waals surface area contributed by atoms with Gasteiger partial charge in [-0.15, -0.1) is 0 Å². The quantitative estimate of drug-likeness (QED) is 0.537. The molecule has 0 aliphatic heterocycles. The van der Waals surface area contributed by atoms with Crippen LogP contribution < -0.4 is 20.6 Å². The molecule has 32 heavy (non-hydrogen) atoms. The molecule has 1 saturated carbocycles. The second kappa shape index (κ2) is 8.21. The zero-order valence-corrected chi connectivity index (χ0v) is 17.4. The van der Waals surface area contributed by atoms with Crippen molar-refractivity contribution in [2.45, 2.75) is 31.6 Å². The number of carbonyl (C=O) groups excluding carboxylic acids is 1. The number of nitrogens with zero attached hydrogens (tertiary/aromatic N) is 2. The summed E-state index contributed by atoms with van der Waals surface area (Å²) >= 11 is 0. The van der Waals surface area contributed by atoms with E-state index in [1.54, 1.807) is 36.3 Å². The first-order chi connectivity index (χ1) is 15.2. The number of amides is 1. The van der Waals surface area contributed by atoms with Crippen molar-refractivity contribution in [2.75, 3.05) is 19.1 Å². The van der Waals surface area contributed by atoms with Crippen LogP contribution in [0, 0.1) is 5.92 Å². The fraction of sp³-hybridized carbons (Fsp3) is 0.381. The van der Waals surface area contributed by atoms with Crippen molar-refractivity contribution in [1.82, 2.24) is 20.3 Å². The average molecular weight is 449 g/mol. The molecule has 1 fully saturated rings. The summed E-state index contributed by atoms with van der Waals surface area (Å²) in [4.78, 5) is 35.4. The Balaban J connectivity index is 1.37. The maximum atomic E-state index is 12.7. The van der Waals surface area contributed by atoms with Gasteiger partial charge in [-0.25, -0.2) is 9.78 Å². The summed E-state index contributed by atoms with van der Waals surface area (Å²) in [5, 5.41) is 2.78. The van der Waals surface area contributed by atoms with Gasteiger partial charge in [-0.3, -0.25) is 4.79 Å². The van der Waals surface area contributed by atoms with E-state index in [2.05, 4.69) is 20.3 Å². The minimum Gasteiger partial charge on any atom is -0.494 e. The van der Waals surface area contributed by atoms with E-state index in [0.29, 0.717) is 28.2 Å². The second-order valence-corrected chi connectivity index (χ2v) is 7.86. The molecule has 8 nitrogen and oxygen atoms in total. The van der Waals surface area contributed by atoms with Crippen LogP contribution in [0.1, 0.15) is 28.8 Å². The molecule has 170 valence electrons. The molecule has 3 N–H and O–H groups in total. The number of carbonyl (C=O) groups is 1. The molecule has 1 aliphatic rings. The number of anilines is 1. The summed E-state index contributed by atoms with van der Waals surface area (Å²) in [7, 11) is 3.18. The standard InChI is InChI=1S/C21H22F3N5O3/c1-29(14-7-13(8-14)21(22,23)24)17-4-3-11(9-25-17)10-26-19(30)12-5-15-18(16(6-12)32-2)28-20(31)27-15/h3-6,9,13-14H,7-8,10H2,1-2H3,(H,26,30)(H2,27,28,31)/t13-,14+. The number of aromatic amines is 2. The Morgan fingerprint density at radius 1 is 1.28 bits per heavy atom. The zero-order chi connectivity index (χ0) is 23.0. The fourth-order valence-corrected chi connectivity index (χ4v) is 3.77. The van der Waals surface area contributed by atoms with E-state index in [0.717, 1.165) is 5.56 Å². The molecule has 1 aliphatic carbocycles. The molecule has 3 aromatic rings. The lowest BCUT2D eigenvalue weighted by molar-refractivity contribution is -0.196. The maximum absolute atomic E-state index is 12.7. The van der Waals surface area contributed by atoms with E-state index < -0.39 is 17.8 Å². The number of fused-ring (bicyclic) bond motifs is 1. The number of nitrogens with one attached hydrogen (secondary N) is 3. The fourth-order valence-electron chi connectivity index (χ4n) is 3.77. The number of halogens is 3. The van der Waals surface area contributed by atoms with E-state index in [1.165, 1.54) is 13.2 Å². The highest BCUT2D eigenvalue weighted by Crippen LogP contribution is 2.43. The smallest absolute Gasteiger partial charge is 0.391 e. The molecule has 0 spiro atoms. The van der Waals surface area contributed by atoms with Gasteiger partial charge < -0.3 is 24.9 Å². The summed E-state index contributed by atoms with van der Waals surface area (Å²) in [5.41, 5.74) is 1.59. The van der Waals surface area contributed by atoms with Gasteiger partial charge in [0.15, 0.2) is 0 Å². The van der Waals surface area contributed by atoms with Crippen LogP contribution in [0.2, 0.25) is 0 Å². The third-order valence-corrected chi connectivity index (χ3v) is 5.82. The Morgan fingerprint density at radius 3 is 2.66 bits per heavy atom. The van der Waals surface area contributed by atoms with Gasteiger partial charge in [0.1, 0.15) is 17.1 Å². The Labute approximate surface area is 180 Å². The average Bonchev–Trinajstić information content (AvgIpc) is 3.09. The molecule has 0 radical (unpaired) electrons. The number of ether oxygens (including phenoxy) is 1. The highest BCUT2D eigenvalue weighted by Gasteiger charge is 2.49. The van der Waals surface area contributed by atoms with Crippen molar-refractivity contribution < 1.29 is 22.7 Å². The molecule has 1 amide bonds. The van der Waals surface area contributed by atoms with E-state index in [-0.39, 0.29) is 31.3 Å². The Kier molecular flexibility index (Phi) is 5.57. The Bertz CT molecular complexity index is 1180. The van der Waals surface area contributed by atoms with E-state index in [1.807, 2.05) is 0 Å². The van der Waals surface area contributed by atoms with Crippen molar-refractivity contribution in [1.29, 1.82) is 0 Å². The number of benzene rings is 1. The number of methoxy groups -OCH3 is 1. The number of aromatic nitrogens is 3. The third kappa shape index (κ3) is 4.27. The van der Waals surface area contributed by atoms with Crippen LogP contribution in [0.25, 0.3) is 11.0 Å². The Morgan fingerprint density at radius 2 is 2.03 bits per heavy atom. The molecule has 0 bridgehead atoms. The van der Waals surface area contributed by atoms with Gasteiger partial charge in [-0.1, -0.05) is 6.07 Å². The normalized spacial score (nSPS) is 18.3. The van der Waals surface area contributed by atoms with Crippen molar-refractivity contribution >= 4 is 22.8 Å². The third-order valence-electron chi connectivity index (χ3n) is 5.82. The molecular formula is C21H22F3N5O3. The van der Waals surface area contributed by atoms with Gasteiger partial charge in [0.25, 0.3) is 5.91 Å². The van der Waals surface area contributed by atoms with Crippen LogP contribution in [-0.4, -0.2) is 47.2 Å².